The number of amides is 1. The zero-order valence-electron chi connectivity index (χ0n) is 21.9. The molecule has 0 radical (unpaired) electrons. The van der Waals surface area contributed by atoms with Crippen molar-refractivity contribution in [1.82, 2.24) is 25.1 Å². The lowest BCUT2D eigenvalue weighted by molar-refractivity contribution is -0.126. The first kappa shape index (κ1) is 25.4. The third-order valence-electron chi connectivity index (χ3n) is 6.83. The second-order valence-corrected chi connectivity index (χ2v) is 10.3. The Hall–Kier alpha value is -4.23. The predicted octanol–water partition coefficient (Wildman–Crippen LogP) is 4.73. The van der Waals surface area contributed by atoms with Crippen molar-refractivity contribution >= 4 is 16.8 Å². The maximum Gasteiger partial charge on any atom is 0.240 e. The molecule has 0 saturated heterocycles. The Morgan fingerprint density at radius 1 is 0.947 bits per heavy atom. The number of carbonyl (C=O) groups excluding carboxylic acids is 1. The van der Waals surface area contributed by atoms with E-state index in [1.165, 1.54) is 5.56 Å². The highest BCUT2D eigenvalue weighted by atomic mass is 16.2. The number of para-hydroxylation sites is 1. The van der Waals surface area contributed by atoms with Crippen molar-refractivity contribution in [2.24, 2.45) is 5.73 Å². The molecular weight excluding hydrogens is 472 g/mol. The van der Waals surface area contributed by atoms with E-state index in [2.05, 4.69) is 73.6 Å². The van der Waals surface area contributed by atoms with Gasteiger partial charge in [-0.25, -0.2) is 0 Å². The minimum absolute atomic E-state index is 0.232. The van der Waals surface area contributed by atoms with Crippen LogP contribution < -0.4 is 11.1 Å². The Bertz CT molecular complexity index is 1500. The van der Waals surface area contributed by atoms with Gasteiger partial charge in [0.05, 0.1) is 11.6 Å². The van der Waals surface area contributed by atoms with E-state index in [0.29, 0.717) is 19.4 Å². The van der Waals surface area contributed by atoms with Crippen LogP contribution in [0, 0.1) is 0 Å². The lowest BCUT2D eigenvalue weighted by Gasteiger charge is -2.25. The fraction of sp³-hybridized carbons (Fsp3) is 0.258. The van der Waals surface area contributed by atoms with Crippen LogP contribution in [0.15, 0.2) is 91.1 Å². The fourth-order valence-corrected chi connectivity index (χ4v) is 4.72. The van der Waals surface area contributed by atoms with Gasteiger partial charge in [0.25, 0.3) is 0 Å². The molecule has 1 amide bonds. The molecule has 0 bridgehead atoms. The number of benzene rings is 3. The van der Waals surface area contributed by atoms with Crippen LogP contribution in [-0.2, 0) is 30.6 Å². The van der Waals surface area contributed by atoms with Gasteiger partial charge < -0.3 is 20.6 Å². The van der Waals surface area contributed by atoms with Crippen LogP contribution in [0.5, 0.6) is 0 Å². The van der Waals surface area contributed by atoms with Gasteiger partial charge in [0.2, 0.25) is 5.91 Å². The molecule has 3 aromatic carbocycles. The normalized spacial score (nSPS) is 12.5. The molecule has 5 rings (SSSR count). The Kier molecular flexibility index (Phi) is 7.38. The third-order valence-corrected chi connectivity index (χ3v) is 6.83. The molecule has 0 aliphatic heterocycles. The zero-order chi connectivity index (χ0) is 26.5. The molecule has 5 aromatic rings. The number of nitrogens with one attached hydrogen (secondary N) is 2. The van der Waals surface area contributed by atoms with Gasteiger partial charge in [-0.1, -0.05) is 78.9 Å². The molecule has 0 aliphatic rings. The Labute approximate surface area is 223 Å². The number of aromatic amines is 1. The molecule has 0 unspecified atom stereocenters. The molecule has 2 heterocycles. The number of rotatable bonds is 10. The zero-order valence-corrected chi connectivity index (χ0v) is 21.9. The van der Waals surface area contributed by atoms with E-state index in [9.17, 15) is 4.79 Å². The largest absolute Gasteiger partial charge is 0.361 e. The summed E-state index contributed by atoms with van der Waals surface area (Å²) >= 11 is 0. The summed E-state index contributed by atoms with van der Waals surface area (Å²) in [5.74, 6) is 1.37. The summed E-state index contributed by atoms with van der Waals surface area (Å²) in [7, 11) is 0. The van der Waals surface area contributed by atoms with Crippen LogP contribution in [0.2, 0.25) is 0 Å². The lowest BCUT2D eigenvalue weighted by atomic mass is 10.0. The quantitative estimate of drug-likeness (QED) is 0.255. The van der Waals surface area contributed by atoms with E-state index >= 15 is 0 Å². The summed E-state index contributed by atoms with van der Waals surface area (Å²) in [4.78, 5) is 16.5. The highest BCUT2D eigenvalue weighted by Crippen LogP contribution is 2.26. The number of aromatic nitrogens is 4. The van der Waals surface area contributed by atoms with Crippen molar-refractivity contribution in [2.45, 2.75) is 51.2 Å². The maximum absolute atomic E-state index is 13.1. The topological polar surface area (TPSA) is 102 Å². The molecule has 7 nitrogen and oxygen atoms in total. The predicted molar refractivity (Wildman–Crippen MR) is 151 cm³/mol. The van der Waals surface area contributed by atoms with Crippen LogP contribution >= 0.6 is 0 Å². The van der Waals surface area contributed by atoms with Crippen LogP contribution in [0.25, 0.3) is 10.9 Å². The second kappa shape index (κ2) is 11.0. The van der Waals surface area contributed by atoms with E-state index < -0.39 is 11.6 Å². The van der Waals surface area contributed by atoms with Crippen molar-refractivity contribution in [2.75, 3.05) is 0 Å². The van der Waals surface area contributed by atoms with Crippen LogP contribution in [0.1, 0.15) is 48.2 Å². The molecule has 7 heteroatoms. The van der Waals surface area contributed by atoms with Gasteiger partial charge in [0.15, 0.2) is 5.82 Å². The van der Waals surface area contributed by atoms with Crippen LogP contribution in [-0.4, -0.2) is 31.2 Å². The first-order valence-corrected chi connectivity index (χ1v) is 13.0. The summed E-state index contributed by atoms with van der Waals surface area (Å²) in [5, 5.41) is 13.6. The van der Waals surface area contributed by atoms with E-state index in [0.717, 1.165) is 40.1 Å². The van der Waals surface area contributed by atoms with Gasteiger partial charge in [0, 0.05) is 36.5 Å². The molecular formula is C31H34N6O. The molecule has 0 fully saturated rings. The standard InChI is InChI=1S/C31H34N6O/c1-31(2,32)30(38)34-27(20-24-21-33-26-16-10-9-15-25(24)26)29-36-35-28(19-23-13-7-4-8-14-23)37(29)18-17-22-11-5-3-6-12-22/h3-16,21,27,33H,17-20,32H2,1-2H3,(H,34,38)/t27-/m1/s1. The number of hydrogen-bond donors (Lipinski definition) is 3. The Morgan fingerprint density at radius 2 is 1.61 bits per heavy atom. The average Bonchev–Trinajstić information content (AvgIpc) is 3.51. The molecule has 0 aliphatic carbocycles. The summed E-state index contributed by atoms with van der Waals surface area (Å²) in [6.45, 7) is 4.12. The van der Waals surface area contributed by atoms with Gasteiger partial charge in [0.1, 0.15) is 5.82 Å². The number of nitrogens with zero attached hydrogens (tertiary/aromatic N) is 3. The monoisotopic (exact) mass is 506 g/mol. The van der Waals surface area contributed by atoms with Gasteiger partial charge in [-0.15, -0.1) is 10.2 Å². The highest BCUT2D eigenvalue weighted by Gasteiger charge is 2.29. The van der Waals surface area contributed by atoms with Crippen molar-refractivity contribution in [1.29, 1.82) is 0 Å². The SMILES string of the molecule is CC(C)(N)C(=O)N[C@H](Cc1c[nH]c2ccccc12)c1nnc(Cc2ccccc2)n1CCc1ccccc1. The minimum atomic E-state index is -1.03. The number of fused-ring (bicyclic) bond motifs is 1. The van der Waals surface area contributed by atoms with Crippen molar-refractivity contribution in [3.05, 3.63) is 119 Å². The lowest BCUT2D eigenvalue weighted by Crippen LogP contribution is -2.50. The molecule has 2 aromatic heterocycles. The van der Waals surface area contributed by atoms with Gasteiger partial charge in [-0.2, -0.15) is 0 Å². The van der Waals surface area contributed by atoms with E-state index in [-0.39, 0.29) is 5.91 Å². The average molecular weight is 507 g/mol. The molecule has 0 spiro atoms. The summed E-state index contributed by atoms with van der Waals surface area (Å²) in [6.07, 6.45) is 4.04. The maximum atomic E-state index is 13.1. The third kappa shape index (κ3) is 5.84. The van der Waals surface area contributed by atoms with Crippen LogP contribution in [0.4, 0.5) is 0 Å². The molecule has 0 saturated carbocycles. The Balaban J connectivity index is 1.53. The summed E-state index contributed by atoms with van der Waals surface area (Å²) in [6, 6.07) is 28.4. The number of H-pyrrole nitrogens is 1. The molecule has 194 valence electrons. The number of hydrogen-bond acceptors (Lipinski definition) is 4. The highest BCUT2D eigenvalue weighted by molar-refractivity contribution is 5.86. The van der Waals surface area contributed by atoms with Gasteiger partial charge >= 0.3 is 0 Å². The van der Waals surface area contributed by atoms with Gasteiger partial charge in [-0.3, -0.25) is 4.79 Å². The molecule has 4 N–H and O–H groups in total. The first-order chi connectivity index (χ1) is 18.4. The number of carbonyl (C=O) groups is 1. The van der Waals surface area contributed by atoms with E-state index in [4.69, 9.17) is 5.73 Å². The van der Waals surface area contributed by atoms with E-state index in [1.807, 2.05) is 42.6 Å². The van der Waals surface area contributed by atoms with Crippen molar-refractivity contribution in [3.8, 4) is 0 Å². The van der Waals surface area contributed by atoms with Crippen molar-refractivity contribution in [3.63, 3.8) is 0 Å². The van der Waals surface area contributed by atoms with Crippen molar-refractivity contribution < 1.29 is 4.79 Å². The fourth-order valence-electron chi connectivity index (χ4n) is 4.72. The summed E-state index contributed by atoms with van der Waals surface area (Å²) < 4.78 is 2.17. The van der Waals surface area contributed by atoms with E-state index in [1.54, 1.807) is 13.8 Å². The molecule has 1 atom stereocenters. The summed E-state index contributed by atoms with van der Waals surface area (Å²) in [5.41, 5.74) is 9.71. The second-order valence-electron chi connectivity index (χ2n) is 10.3. The number of nitrogens with two attached hydrogens (primary N) is 1. The Morgan fingerprint density at radius 3 is 2.32 bits per heavy atom. The van der Waals surface area contributed by atoms with Crippen LogP contribution in [0.3, 0.4) is 0 Å². The minimum Gasteiger partial charge on any atom is -0.361 e. The smallest absolute Gasteiger partial charge is 0.240 e. The first-order valence-electron chi connectivity index (χ1n) is 13.0. The van der Waals surface area contributed by atoms with Gasteiger partial charge in [-0.05, 0) is 43.0 Å². The molecule has 38 heavy (non-hydrogen) atoms. The number of aryl methyl sites for hydroxylation is 1.